The van der Waals surface area contributed by atoms with Gasteiger partial charge in [0.1, 0.15) is 5.60 Å². The average molecular weight is 247 g/mol. The van der Waals surface area contributed by atoms with Crippen LogP contribution < -0.4 is 0 Å². The number of hydrogen-bond acceptors (Lipinski definition) is 3. The van der Waals surface area contributed by atoms with Crippen molar-refractivity contribution in [3.63, 3.8) is 0 Å². The molecule has 0 rings (SSSR count). The van der Waals surface area contributed by atoms with Crippen LogP contribution in [0.3, 0.4) is 0 Å². The zero-order valence-electron chi connectivity index (χ0n) is 11.4. The lowest BCUT2D eigenvalue weighted by Gasteiger charge is -2.25. The van der Waals surface area contributed by atoms with Crippen molar-refractivity contribution >= 4 is 17.9 Å². The summed E-state index contributed by atoms with van der Waals surface area (Å²) >= 11 is 1.85. The minimum atomic E-state index is -0.407. The van der Waals surface area contributed by atoms with E-state index in [2.05, 4.69) is 13.2 Å². The first kappa shape index (κ1) is 15.6. The van der Waals surface area contributed by atoms with E-state index >= 15 is 0 Å². The van der Waals surface area contributed by atoms with Gasteiger partial charge in [0.2, 0.25) is 0 Å². The highest BCUT2D eigenvalue weighted by molar-refractivity contribution is 7.98. The van der Waals surface area contributed by atoms with Crippen molar-refractivity contribution in [3.05, 3.63) is 0 Å². The van der Waals surface area contributed by atoms with E-state index in [0.717, 1.165) is 18.7 Å². The maximum atomic E-state index is 11.6. The topological polar surface area (TPSA) is 29.5 Å². The van der Waals surface area contributed by atoms with Crippen LogP contribution >= 0.6 is 11.8 Å². The summed E-state index contributed by atoms with van der Waals surface area (Å²) in [5.74, 6) is 1.78. The summed E-state index contributed by atoms with van der Waals surface area (Å²) in [7, 11) is 1.79. The van der Waals surface area contributed by atoms with Crippen LogP contribution in [-0.4, -0.2) is 42.2 Å². The molecule has 0 fully saturated rings. The van der Waals surface area contributed by atoms with Gasteiger partial charge in [-0.25, -0.2) is 4.79 Å². The molecule has 16 heavy (non-hydrogen) atoms. The number of carbonyl (C=O) groups excluding carboxylic acids is 1. The molecule has 0 N–H and O–H groups in total. The van der Waals surface area contributed by atoms with E-state index < -0.39 is 5.60 Å². The van der Waals surface area contributed by atoms with Crippen molar-refractivity contribution < 1.29 is 9.53 Å². The third-order valence-corrected chi connectivity index (χ3v) is 3.02. The van der Waals surface area contributed by atoms with E-state index in [0.29, 0.717) is 5.92 Å². The molecule has 0 aliphatic rings. The van der Waals surface area contributed by atoms with E-state index in [9.17, 15) is 4.79 Å². The smallest absolute Gasteiger partial charge is 0.410 e. The van der Waals surface area contributed by atoms with Gasteiger partial charge >= 0.3 is 6.09 Å². The minimum Gasteiger partial charge on any atom is -0.444 e. The van der Waals surface area contributed by atoms with E-state index in [-0.39, 0.29) is 6.09 Å². The zero-order chi connectivity index (χ0) is 12.8. The van der Waals surface area contributed by atoms with Crippen molar-refractivity contribution in [1.29, 1.82) is 0 Å². The van der Waals surface area contributed by atoms with Gasteiger partial charge in [-0.2, -0.15) is 11.8 Å². The van der Waals surface area contributed by atoms with Gasteiger partial charge in [-0.3, -0.25) is 0 Å². The molecule has 1 amide bonds. The summed E-state index contributed by atoms with van der Waals surface area (Å²) in [5.41, 5.74) is -0.407. The highest BCUT2D eigenvalue weighted by Gasteiger charge is 2.19. The Hall–Kier alpha value is -0.380. The number of thioether (sulfide) groups is 1. The van der Waals surface area contributed by atoms with E-state index in [4.69, 9.17) is 4.74 Å². The summed E-state index contributed by atoms with van der Waals surface area (Å²) in [5, 5.41) is 0. The van der Waals surface area contributed by atoms with Crippen LogP contribution in [0.25, 0.3) is 0 Å². The number of nitrogens with zero attached hydrogens (tertiary/aromatic N) is 1. The highest BCUT2D eigenvalue weighted by Crippen LogP contribution is 2.12. The Kier molecular flexibility index (Phi) is 6.88. The molecule has 0 radical (unpaired) electrons. The molecule has 3 nitrogen and oxygen atoms in total. The lowest BCUT2D eigenvalue weighted by molar-refractivity contribution is 0.0292. The lowest BCUT2D eigenvalue weighted by atomic mass is 10.1. The third kappa shape index (κ3) is 7.85. The predicted molar refractivity (Wildman–Crippen MR) is 71.0 cm³/mol. The molecule has 0 aromatic heterocycles. The highest BCUT2D eigenvalue weighted by atomic mass is 32.2. The summed E-state index contributed by atoms with van der Waals surface area (Å²) in [6.45, 7) is 8.62. The van der Waals surface area contributed by atoms with Crippen LogP contribution in [0.2, 0.25) is 0 Å². The first-order valence-corrected chi connectivity index (χ1v) is 7.08. The van der Waals surface area contributed by atoms with Gasteiger partial charge < -0.3 is 9.64 Å². The molecular formula is C12H25NO2S. The second-order valence-corrected chi connectivity index (χ2v) is 6.16. The van der Waals surface area contributed by atoms with E-state index in [1.54, 1.807) is 11.9 Å². The van der Waals surface area contributed by atoms with Crippen LogP contribution in [0.1, 0.15) is 34.1 Å². The average Bonchev–Trinajstić information content (AvgIpc) is 2.11. The van der Waals surface area contributed by atoms with Crippen molar-refractivity contribution in [2.45, 2.75) is 39.7 Å². The molecule has 0 heterocycles. The number of amides is 1. The third-order valence-electron chi connectivity index (χ3n) is 2.11. The summed E-state index contributed by atoms with van der Waals surface area (Å²) in [6.07, 6.45) is 2.90. The van der Waals surface area contributed by atoms with Crippen molar-refractivity contribution in [2.24, 2.45) is 5.92 Å². The normalized spacial score (nSPS) is 13.4. The Bertz CT molecular complexity index is 214. The molecule has 1 unspecified atom stereocenters. The van der Waals surface area contributed by atoms with Crippen LogP contribution in [0, 0.1) is 5.92 Å². The second-order valence-electron chi connectivity index (χ2n) is 5.25. The van der Waals surface area contributed by atoms with Gasteiger partial charge in [0.25, 0.3) is 0 Å². The Morgan fingerprint density at radius 3 is 2.44 bits per heavy atom. The van der Waals surface area contributed by atoms with Gasteiger partial charge in [0, 0.05) is 13.6 Å². The van der Waals surface area contributed by atoms with Gasteiger partial charge in [-0.15, -0.1) is 0 Å². The largest absolute Gasteiger partial charge is 0.444 e. The van der Waals surface area contributed by atoms with Crippen LogP contribution in [0.5, 0.6) is 0 Å². The van der Waals surface area contributed by atoms with Gasteiger partial charge in [-0.05, 0) is 45.1 Å². The molecule has 1 atom stereocenters. The quantitative estimate of drug-likeness (QED) is 0.747. The fourth-order valence-corrected chi connectivity index (χ4v) is 1.95. The van der Waals surface area contributed by atoms with Crippen molar-refractivity contribution in [2.75, 3.05) is 25.6 Å². The molecule has 4 heteroatoms. The van der Waals surface area contributed by atoms with Gasteiger partial charge in [0.05, 0.1) is 0 Å². The maximum absolute atomic E-state index is 11.6. The standard InChI is InChI=1S/C12H25NO2S/c1-10(9-16-6)7-8-13(5)11(14)15-12(2,3)4/h10H,7-9H2,1-6H3. The van der Waals surface area contributed by atoms with Gasteiger partial charge in [-0.1, -0.05) is 6.92 Å². The predicted octanol–water partition coefficient (Wildman–Crippen LogP) is 3.24. The molecular weight excluding hydrogens is 222 g/mol. The fraction of sp³-hybridized carbons (Fsp3) is 0.917. The molecule has 0 aliphatic carbocycles. The number of ether oxygens (including phenoxy) is 1. The molecule has 0 aliphatic heterocycles. The molecule has 0 saturated carbocycles. The van der Waals surface area contributed by atoms with Gasteiger partial charge in [0.15, 0.2) is 0 Å². The molecule has 0 bridgehead atoms. The Morgan fingerprint density at radius 2 is 2.00 bits per heavy atom. The lowest BCUT2D eigenvalue weighted by Crippen LogP contribution is -2.35. The summed E-state index contributed by atoms with van der Waals surface area (Å²) in [6, 6.07) is 0. The minimum absolute atomic E-state index is 0.233. The van der Waals surface area contributed by atoms with Crippen molar-refractivity contribution in [1.82, 2.24) is 4.90 Å². The second kappa shape index (κ2) is 7.05. The monoisotopic (exact) mass is 247 g/mol. The first-order valence-electron chi connectivity index (χ1n) is 5.69. The van der Waals surface area contributed by atoms with Crippen molar-refractivity contribution in [3.8, 4) is 0 Å². The Morgan fingerprint density at radius 1 is 1.44 bits per heavy atom. The number of carbonyl (C=O) groups is 1. The SMILES string of the molecule is CSCC(C)CCN(C)C(=O)OC(C)(C)C. The number of rotatable bonds is 5. The Balaban J connectivity index is 3.88. The van der Waals surface area contributed by atoms with Crippen LogP contribution in [0.15, 0.2) is 0 Å². The molecule has 0 aromatic rings. The maximum Gasteiger partial charge on any atom is 0.410 e. The summed E-state index contributed by atoms with van der Waals surface area (Å²) < 4.78 is 5.27. The first-order chi connectivity index (χ1) is 7.26. The van der Waals surface area contributed by atoms with Crippen LogP contribution in [0.4, 0.5) is 4.79 Å². The van der Waals surface area contributed by atoms with E-state index in [1.807, 2.05) is 32.5 Å². The molecule has 0 aromatic carbocycles. The molecule has 0 saturated heterocycles. The zero-order valence-corrected chi connectivity index (χ0v) is 12.2. The fourth-order valence-electron chi connectivity index (χ4n) is 1.21. The molecule has 96 valence electrons. The Labute approximate surface area is 104 Å². The molecule has 0 spiro atoms. The number of hydrogen-bond donors (Lipinski definition) is 0. The van der Waals surface area contributed by atoms with E-state index in [1.165, 1.54) is 0 Å². The summed E-state index contributed by atoms with van der Waals surface area (Å²) in [4.78, 5) is 13.3. The van der Waals surface area contributed by atoms with Crippen LogP contribution in [-0.2, 0) is 4.74 Å².